The first kappa shape index (κ1) is 24.3. The lowest BCUT2D eigenvalue weighted by Gasteiger charge is -1.89. The van der Waals surface area contributed by atoms with Gasteiger partial charge >= 0.3 is 17.9 Å². The van der Waals surface area contributed by atoms with Gasteiger partial charge in [0.05, 0.1) is 41.6 Å². The number of aryl methyl sites for hydroxylation is 3. The van der Waals surface area contributed by atoms with Crippen molar-refractivity contribution in [1.29, 1.82) is 0 Å². The molecule has 3 rings (SSSR count). The maximum atomic E-state index is 10.8. The van der Waals surface area contributed by atoms with Gasteiger partial charge in [-0.2, -0.15) is 0 Å². The molecule has 3 heterocycles. The molecule has 0 aliphatic carbocycles. The molecular weight excluding hydrogens is 438 g/mol. The summed E-state index contributed by atoms with van der Waals surface area (Å²) >= 11 is 3.96. The highest BCUT2D eigenvalue weighted by Crippen LogP contribution is 2.12. The Morgan fingerprint density at radius 3 is 1.69 bits per heavy atom. The monoisotopic (exact) mass is 457 g/mol. The maximum absolute atomic E-state index is 10.8. The molecule has 1 N–H and O–H groups in total. The van der Waals surface area contributed by atoms with Crippen molar-refractivity contribution >= 4 is 51.9 Å². The van der Waals surface area contributed by atoms with E-state index in [2.05, 4.69) is 24.4 Å². The molecule has 0 spiro atoms. The van der Waals surface area contributed by atoms with E-state index in [1.54, 1.807) is 12.3 Å². The van der Waals surface area contributed by atoms with Crippen LogP contribution in [0.25, 0.3) is 0 Å². The SMILES string of the molecule is COC(=O)c1cnc(C)s1.COC(=O)c1csc(C)n1.Cc1ncc(C(=O)O)s1. The molecule has 0 saturated heterocycles. The number of aromatic carboxylic acids is 1. The number of carbonyl (C=O) groups is 3. The van der Waals surface area contributed by atoms with Crippen LogP contribution in [0.3, 0.4) is 0 Å². The summed E-state index contributed by atoms with van der Waals surface area (Å²) in [5, 5.41) is 12.6. The lowest BCUT2D eigenvalue weighted by atomic mass is 10.5. The predicted octanol–water partition coefficient (Wildman–Crippen LogP) is 3.63. The number of methoxy groups -OCH3 is 2. The number of carboxylic acid groups (broad SMARTS) is 1. The number of hydrogen-bond acceptors (Lipinski definition) is 11. The number of esters is 2. The zero-order valence-electron chi connectivity index (χ0n) is 16.3. The van der Waals surface area contributed by atoms with Gasteiger partial charge in [-0.1, -0.05) is 0 Å². The van der Waals surface area contributed by atoms with Crippen LogP contribution >= 0.6 is 34.0 Å². The Balaban J connectivity index is 0.000000218. The number of aromatic nitrogens is 3. The number of hydrogen-bond donors (Lipinski definition) is 1. The van der Waals surface area contributed by atoms with Gasteiger partial charge in [0.1, 0.15) is 9.75 Å². The van der Waals surface area contributed by atoms with E-state index in [-0.39, 0.29) is 11.9 Å². The summed E-state index contributed by atoms with van der Waals surface area (Å²) in [6, 6.07) is 0. The highest BCUT2D eigenvalue weighted by Gasteiger charge is 2.08. The smallest absolute Gasteiger partial charge is 0.357 e. The first-order valence-corrected chi connectivity index (χ1v) is 10.4. The van der Waals surface area contributed by atoms with Gasteiger partial charge in [-0.3, -0.25) is 0 Å². The molecule has 0 bridgehead atoms. The molecule has 0 aliphatic rings. The minimum atomic E-state index is -0.902. The zero-order chi connectivity index (χ0) is 22.0. The van der Waals surface area contributed by atoms with Crippen molar-refractivity contribution in [2.24, 2.45) is 0 Å². The summed E-state index contributed by atoms with van der Waals surface area (Å²) in [6.07, 6.45) is 2.88. The van der Waals surface area contributed by atoms with E-state index in [1.165, 1.54) is 60.6 Å². The molecule has 0 atom stereocenters. The largest absolute Gasteiger partial charge is 0.477 e. The van der Waals surface area contributed by atoms with Crippen LogP contribution in [-0.2, 0) is 9.47 Å². The second-order valence-corrected chi connectivity index (χ2v) is 8.56. The first-order chi connectivity index (χ1) is 13.7. The number of carbonyl (C=O) groups excluding carboxylic acids is 2. The van der Waals surface area contributed by atoms with E-state index in [4.69, 9.17) is 5.11 Å². The van der Waals surface area contributed by atoms with Crippen LogP contribution in [0, 0.1) is 20.8 Å². The molecule has 0 radical (unpaired) electrons. The van der Waals surface area contributed by atoms with Crippen LogP contribution in [0.15, 0.2) is 17.8 Å². The standard InChI is InChI=1S/2C6H7NO2S.C5H5NO2S/c1-4-7-5(3-10-4)6(8)9-2;1-4-7-3-5(10-4)6(8)9-2;1-3-6-2-4(9-3)5(7)8/h2*3H,1-2H3;2H,1H3,(H,7,8). The Kier molecular flexibility index (Phi) is 10.1. The van der Waals surface area contributed by atoms with E-state index in [9.17, 15) is 14.4 Å². The Hall–Kier alpha value is -2.70. The van der Waals surface area contributed by atoms with Crippen LogP contribution in [0.1, 0.15) is 44.9 Å². The second kappa shape index (κ2) is 12.0. The van der Waals surface area contributed by atoms with Crippen LogP contribution in [0.2, 0.25) is 0 Å². The van der Waals surface area contributed by atoms with E-state index in [1.807, 2.05) is 13.8 Å². The Bertz CT molecular complexity index is 911. The minimum Gasteiger partial charge on any atom is -0.477 e. The fourth-order valence-electron chi connectivity index (χ4n) is 1.58. The molecular formula is C17H19N3O6S3. The number of rotatable bonds is 3. The average Bonchev–Trinajstić information content (AvgIpc) is 3.43. The lowest BCUT2D eigenvalue weighted by molar-refractivity contribution is 0.0590. The lowest BCUT2D eigenvalue weighted by Crippen LogP contribution is -2.00. The number of thiazole rings is 3. The third kappa shape index (κ3) is 8.46. The minimum absolute atomic E-state index is 0.299. The molecule has 0 unspecified atom stereocenters. The quantitative estimate of drug-likeness (QED) is 0.586. The van der Waals surface area contributed by atoms with Gasteiger partial charge in [-0.05, 0) is 20.8 Å². The topological polar surface area (TPSA) is 129 Å². The van der Waals surface area contributed by atoms with E-state index in [0.717, 1.165) is 15.0 Å². The van der Waals surface area contributed by atoms with Crippen molar-refractivity contribution < 1.29 is 29.0 Å². The molecule has 3 aromatic heterocycles. The second-order valence-electron chi connectivity index (χ2n) is 5.03. The number of ether oxygens (including phenoxy) is 2. The molecule has 3 aromatic rings. The third-order valence-electron chi connectivity index (χ3n) is 2.85. The van der Waals surface area contributed by atoms with Crippen LogP contribution in [0.4, 0.5) is 0 Å². The van der Waals surface area contributed by atoms with E-state index in [0.29, 0.717) is 15.4 Å². The van der Waals surface area contributed by atoms with Gasteiger partial charge in [0.2, 0.25) is 0 Å². The molecule has 29 heavy (non-hydrogen) atoms. The summed E-state index contributed by atoms with van der Waals surface area (Å²) in [5.74, 6) is -1.59. The normalized spacial score (nSPS) is 9.41. The first-order valence-electron chi connectivity index (χ1n) is 7.84. The fourth-order valence-corrected chi connectivity index (χ4v) is 3.47. The van der Waals surface area contributed by atoms with Crippen molar-refractivity contribution in [1.82, 2.24) is 15.0 Å². The van der Waals surface area contributed by atoms with Gasteiger partial charge in [-0.15, -0.1) is 34.0 Å². The summed E-state index contributed by atoms with van der Waals surface area (Å²) in [6.45, 7) is 5.46. The Morgan fingerprint density at radius 2 is 1.38 bits per heavy atom. The van der Waals surface area contributed by atoms with Crippen molar-refractivity contribution in [3.8, 4) is 0 Å². The zero-order valence-corrected chi connectivity index (χ0v) is 18.7. The maximum Gasteiger partial charge on any atom is 0.357 e. The highest BCUT2D eigenvalue weighted by molar-refractivity contribution is 7.13. The van der Waals surface area contributed by atoms with Crippen molar-refractivity contribution in [2.45, 2.75) is 20.8 Å². The van der Waals surface area contributed by atoms with Gasteiger partial charge in [0.25, 0.3) is 0 Å². The molecule has 0 aliphatic heterocycles. The molecule has 12 heteroatoms. The Morgan fingerprint density at radius 1 is 0.862 bits per heavy atom. The van der Waals surface area contributed by atoms with E-state index >= 15 is 0 Å². The van der Waals surface area contributed by atoms with Crippen molar-refractivity contribution in [2.75, 3.05) is 14.2 Å². The van der Waals surface area contributed by atoms with Crippen LogP contribution < -0.4 is 0 Å². The number of carboxylic acids is 1. The molecule has 0 aromatic carbocycles. The summed E-state index contributed by atoms with van der Waals surface area (Å²) in [7, 11) is 2.70. The number of nitrogens with zero attached hydrogens (tertiary/aromatic N) is 3. The van der Waals surface area contributed by atoms with Crippen molar-refractivity contribution in [3.05, 3.63) is 48.2 Å². The molecule has 9 nitrogen and oxygen atoms in total. The third-order valence-corrected chi connectivity index (χ3v) is 5.42. The van der Waals surface area contributed by atoms with E-state index < -0.39 is 5.97 Å². The van der Waals surface area contributed by atoms with Gasteiger partial charge in [0.15, 0.2) is 5.69 Å². The Labute approximate surface area is 179 Å². The highest BCUT2D eigenvalue weighted by atomic mass is 32.1. The fraction of sp³-hybridized carbons (Fsp3) is 0.294. The molecule has 0 saturated carbocycles. The summed E-state index contributed by atoms with van der Waals surface area (Å²) < 4.78 is 8.94. The van der Waals surface area contributed by atoms with Crippen LogP contribution in [-0.4, -0.2) is 52.2 Å². The van der Waals surface area contributed by atoms with Gasteiger partial charge in [-0.25, -0.2) is 29.3 Å². The van der Waals surface area contributed by atoms with Crippen molar-refractivity contribution in [3.63, 3.8) is 0 Å². The summed E-state index contributed by atoms with van der Waals surface area (Å²) in [4.78, 5) is 44.2. The summed E-state index contributed by atoms with van der Waals surface area (Å²) in [5.41, 5.74) is 0.394. The predicted molar refractivity (Wildman–Crippen MR) is 110 cm³/mol. The van der Waals surface area contributed by atoms with Gasteiger partial charge < -0.3 is 14.6 Å². The van der Waals surface area contributed by atoms with Gasteiger partial charge in [0, 0.05) is 5.38 Å². The molecule has 0 amide bonds. The molecule has 0 fully saturated rings. The average molecular weight is 458 g/mol. The molecule has 156 valence electrons. The van der Waals surface area contributed by atoms with Crippen LogP contribution in [0.5, 0.6) is 0 Å².